The minimum Gasteiger partial charge on any atom is -0.338 e. The standard InChI is InChI=1S/C16H19N3O3S2/c1-12-4-7-17-11-14(12)16(20)19-8-5-13(6-9-19)18-24(21,22)15-3-2-10-23-15/h2-4,7,10-11,13,18H,5-6,8-9H2,1H3. The fraction of sp³-hybridized carbons (Fsp3) is 0.375. The maximum absolute atomic E-state index is 12.5. The van der Waals surface area contributed by atoms with Gasteiger partial charge in [-0.25, -0.2) is 13.1 Å². The van der Waals surface area contributed by atoms with Crippen LogP contribution in [0.1, 0.15) is 28.8 Å². The Morgan fingerprint density at radius 3 is 2.71 bits per heavy atom. The Balaban J connectivity index is 1.60. The number of thiophene rings is 1. The molecule has 0 atom stereocenters. The molecule has 2 aromatic heterocycles. The fourth-order valence-electron chi connectivity index (χ4n) is 2.75. The lowest BCUT2D eigenvalue weighted by Crippen LogP contribution is -2.46. The van der Waals surface area contributed by atoms with Gasteiger partial charge in [0.2, 0.25) is 10.0 Å². The van der Waals surface area contributed by atoms with Crippen molar-refractivity contribution in [2.45, 2.75) is 30.0 Å². The molecule has 0 aliphatic carbocycles. The second-order valence-electron chi connectivity index (χ2n) is 5.81. The Labute approximate surface area is 145 Å². The van der Waals surface area contributed by atoms with Crippen LogP contribution >= 0.6 is 11.3 Å². The van der Waals surface area contributed by atoms with Crippen LogP contribution in [-0.4, -0.2) is 43.3 Å². The SMILES string of the molecule is Cc1ccncc1C(=O)N1CCC(NS(=O)(=O)c2cccs2)CC1. The lowest BCUT2D eigenvalue weighted by Gasteiger charge is -2.32. The first-order valence-corrected chi connectivity index (χ1v) is 10.1. The molecule has 8 heteroatoms. The minimum atomic E-state index is -3.46. The molecule has 0 saturated carbocycles. The lowest BCUT2D eigenvalue weighted by atomic mass is 10.0. The number of pyridine rings is 1. The quantitative estimate of drug-likeness (QED) is 0.899. The van der Waals surface area contributed by atoms with Gasteiger partial charge in [-0.3, -0.25) is 9.78 Å². The number of carbonyl (C=O) groups is 1. The summed E-state index contributed by atoms with van der Waals surface area (Å²) in [6.07, 6.45) is 4.46. The number of amides is 1. The molecule has 0 spiro atoms. The van der Waals surface area contributed by atoms with Gasteiger partial charge in [-0.2, -0.15) is 0 Å². The van der Waals surface area contributed by atoms with Crippen LogP contribution in [-0.2, 0) is 10.0 Å². The van der Waals surface area contributed by atoms with E-state index in [0.29, 0.717) is 35.7 Å². The smallest absolute Gasteiger partial charge is 0.255 e. The average Bonchev–Trinajstić information content (AvgIpc) is 3.10. The molecule has 3 rings (SSSR count). The van der Waals surface area contributed by atoms with Crippen LogP contribution in [0.2, 0.25) is 0 Å². The van der Waals surface area contributed by atoms with E-state index in [2.05, 4.69) is 9.71 Å². The van der Waals surface area contributed by atoms with Crippen molar-refractivity contribution in [3.63, 3.8) is 0 Å². The van der Waals surface area contributed by atoms with Gasteiger partial charge in [-0.15, -0.1) is 11.3 Å². The van der Waals surface area contributed by atoms with Crippen molar-refractivity contribution in [3.8, 4) is 0 Å². The first-order valence-electron chi connectivity index (χ1n) is 7.73. The van der Waals surface area contributed by atoms with Crippen molar-refractivity contribution in [2.75, 3.05) is 13.1 Å². The van der Waals surface area contributed by atoms with E-state index in [1.54, 1.807) is 34.8 Å². The van der Waals surface area contributed by atoms with Gasteiger partial charge in [0.15, 0.2) is 0 Å². The summed E-state index contributed by atoms with van der Waals surface area (Å²) in [5.74, 6) is -0.0415. The van der Waals surface area contributed by atoms with Gasteiger partial charge < -0.3 is 4.90 Å². The molecule has 1 saturated heterocycles. The van der Waals surface area contributed by atoms with Crippen LogP contribution in [0.3, 0.4) is 0 Å². The molecule has 0 unspecified atom stereocenters. The van der Waals surface area contributed by atoms with Gasteiger partial charge in [0.05, 0.1) is 5.56 Å². The van der Waals surface area contributed by atoms with Gasteiger partial charge in [0.25, 0.3) is 5.91 Å². The molecule has 1 N–H and O–H groups in total. The number of aryl methyl sites for hydroxylation is 1. The summed E-state index contributed by atoms with van der Waals surface area (Å²) in [5.41, 5.74) is 1.51. The zero-order chi connectivity index (χ0) is 17.2. The molecular weight excluding hydrogens is 346 g/mol. The van der Waals surface area contributed by atoms with Gasteiger partial charge >= 0.3 is 0 Å². The number of nitrogens with zero attached hydrogens (tertiary/aromatic N) is 2. The third-order valence-corrected chi connectivity index (χ3v) is 7.05. The highest BCUT2D eigenvalue weighted by atomic mass is 32.2. The molecule has 0 bridgehead atoms. The molecule has 0 radical (unpaired) electrons. The summed E-state index contributed by atoms with van der Waals surface area (Å²) in [4.78, 5) is 18.3. The number of likely N-dealkylation sites (tertiary alicyclic amines) is 1. The molecule has 6 nitrogen and oxygen atoms in total. The largest absolute Gasteiger partial charge is 0.338 e. The van der Waals surface area contributed by atoms with Crippen molar-refractivity contribution < 1.29 is 13.2 Å². The van der Waals surface area contributed by atoms with Crippen molar-refractivity contribution in [1.82, 2.24) is 14.6 Å². The number of hydrogen-bond donors (Lipinski definition) is 1. The summed E-state index contributed by atoms with van der Waals surface area (Å²) in [6.45, 7) is 2.95. The molecule has 128 valence electrons. The van der Waals surface area contributed by atoms with Gasteiger partial charge in [0.1, 0.15) is 4.21 Å². The second kappa shape index (κ2) is 7.00. The van der Waals surface area contributed by atoms with Crippen molar-refractivity contribution in [2.24, 2.45) is 0 Å². The molecule has 2 aromatic rings. The number of hydrogen-bond acceptors (Lipinski definition) is 5. The average molecular weight is 365 g/mol. The molecule has 1 aliphatic rings. The van der Waals surface area contributed by atoms with E-state index in [4.69, 9.17) is 0 Å². The van der Waals surface area contributed by atoms with Crippen molar-refractivity contribution >= 4 is 27.3 Å². The van der Waals surface area contributed by atoms with Gasteiger partial charge in [-0.1, -0.05) is 6.07 Å². The number of aromatic nitrogens is 1. The number of sulfonamides is 1. The summed E-state index contributed by atoms with van der Waals surface area (Å²) in [7, 11) is -3.46. The van der Waals surface area contributed by atoms with Crippen LogP contribution in [0.4, 0.5) is 0 Å². The van der Waals surface area contributed by atoms with Crippen LogP contribution in [0, 0.1) is 6.92 Å². The summed E-state index contributed by atoms with van der Waals surface area (Å²) in [5, 5.41) is 1.74. The van der Waals surface area contributed by atoms with E-state index in [1.165, 1.54) is 11.3 Å². The predicted molar refractivity (Wildman–Crippen MR) is 92.5 cm³/mol. The molecule has 24 heavy (non-hydrogen) atoms. The monoisotopic (exact) mass is 365 g/mol. The molecule has 1 fully saturated rings. The topological polar surface area (TPSA) is 79.4 Å². The highest BCUT2D eigenvalue weighted by Gasteiger charge is 2.28. The Kier molecular flexibility index (Phi) is 4.98. The molecule has 1 aliphatic heterocycles. The van der Waals surface area contributed by atoms with Gasteiger partial charge in [0, 0.05) is 31.5 Å². The number of carbonyl (C=O) groups excluding carboxylic acids is 1. The van der Waals surface area contributed by atoms with Crippen LogP contribution in [0.5, 0.6) is 0 Å². The molecule has 1 amide bonds. The van der Waals surface area contributed by atoms with E-state index in [9.17, 15) is 13.2 Å². The Bertz CT molecular complexity index is 811. The van der Waals surface area contributed by atoms with Crippen molar-refractivity contribution in [1.29, 1.82) is 0 Å². The molecular formula is C16H19N3O3S2. The maximum Gasteiger partial charge on any atom is 0.255 e. The van der Waals surface area contributed by atoms with E-state index in [1.807, 2.05) is 13.0 Å². The Hall–Kier alpha value is -1.77. The number of rotatable bonds is 4. The summed E-state index contributed by atoms with van der Waals surface area (Å²) < 4.78 is 27.6. The lowest BCUT2D eigenvalue weighted by molar-refractivity contribution is 0.0710. The second-order valence-corrected chi connectivity index (χ2v) is 8.70. The molecule has 0 aromatic carbocycles. The molecule has 3 heterocycles. The minimum absolute atomic E-state index is 0.0415. The van der Waals surface area contributed by atoms with Crippen LogP contribution in [0.25, 0.3) is 0 Å². The van der Waals surface area contributed by atoms with Crippen LogP contribution < -0.4 is 4.72 Å². The summed E-state index contributed by atoms with van der Waals surface area (Å²) in [6, 6.07) is 4.99. The van der Waals surface area contributed by atoms with E-state index >= 15 is 0 Å². The normalized spacial score (nSPS) is 16.3. The Morgan fingerprint density at radius 2 is 2.08 bits per heavy atom. The highest BCUT2D eigenvalue weighted by molar-refractivity contribution is 7.91. The van der Waals surface area contributed by atoms with E-state index in [-0.39, 0.29) is 11.9 Å². The first kappa shape index (κ1) is 17.1. The summed E-state index contributed by atoms with van der Waals surface area (Å²) >= 11 is 1.20. The van der Waals surface area contributed by atoms with Crippen molar-refractivity contribution in [3.05, 3.63) is 47.1 Å². The van der Waals surface area contributed by atoms with Crippen LogP contribution in [0.15, 0.2) is 40.2 Å². The van der Waals surface area contributed by atoms with E-state index in [0.717, 1.165) is 5.56 Å². The predicted octanol–water partition coefficient (Wildman–Crippen LogP) is 2.03. The van der Waals surface area contributed by atoms with Gasteiger partial charge in [-0.05, 0) is 42.8 Å². The zero-order valence-corrected chi connectivity index (χ0v) is 14.9. The zero-order valence-electron chi connectivity index (χ0n) is 13.3. The Morgan fingerprint density at radius 1 is 1.33 bits per heavy atom. The number of piperidine rings is 1. The maximum atomic E-state index is 12.5. The third kappa shape index (κ3) is 3.66. The number of nitrogens with one attached hydrogen (secondary N) is 1. The highest BCUT2D eigenvalue weighted by Crippen LogP contribution is 2.20. The third-order valence-electron chi connectivity index (χ3n) is 4.13. The van der Waals surface area contributed by atoms with E-state index < -0.39 is 10.0 Å². The fourth-order valence-corrected chi connectivity index (χ4v) is 5.07. The first-order chi connectivity index (χ1) is 11.5.